The van der Waals surface area contributed by atoms with E-state index in [-0.39, 0.29) is 5.41 Å². The van der Waals surface area contributed by atoms with E-state index in [0.29, 0.717) is 11.5 Å². The molecule has 0 aliphatic carbocycles. The van der Waals surface area contributed by atoms with E-state index in [9.17, 15) is 4.79 Å². The normalized spacial score (nSPS) is 13.1. The Balaban J connectivity index is 4.43. The van der Waals surface area contributed by atoms with E-state index in [1.807, 2.05) is 20.8 Å². The van der Waals surface area contributed by atoms with Gasteiger partial charge >= 0.3 is 5.97 Å². The van der Waals surface area contributed by atoms with Gasteiger partial charge in [0, 0.05) is 11.5 Å². The zero-order valence-corrected chi connectivity index (χ0v) is 9.19. The minimum absolute atomic E-state index is 0.294. The summed E-state index contributed by atoms with van der Waals surface area (Å²) in [4.78, 5) is 10.8. The van der Waals surface area contributed by atoms with Crippen LogP contribution in [0.1, 0.15) is 33.6 Å². The Kier molecular flexibility index (Phi) is 5.07. The lowest BCUT2D eigenvalue weighted by molar-refractivity contribution is -0.133. The molecule has 0 aromatic carbocycles. The molecule has 76 valence electrons. The van der Waals surface area contributed by atoms with Crippen molar-refractivity contribution in [3.63, 3.8) is 0 Å². The fourth-order valence-electron chi connectivity index (χ4n) is 1.04. The van der Waals surface area contributed by atoms with Crippen LogP contribution in [0.15, 0.2) is 11.6 Å². The smallest absolute Gasteiger partial charge is 0.331 e. The average Bonchev–Trinajstić information content (AvgIpc) is 1.94. The molecule has 0 radical (unpaired) electrons. The van der Waals surface area contributed by atoms with Crippen LogP contribution < -0.4 is 0 Å². The molecule has 0 heterocycles. The summed E-state index contributed by atoms with van der Waals surface area (Å²) in [5, 5.41) is 8.91. The molecule has 1 N–H and O–H groups in total. The Morgan fingerprint density at radius 3 is 2.31 bits per heavy atom. The summed E-state index contributed by atoms with van der Waals surface area (Å²) in [6.45, 7) is 5.69. The first-order valence-corrected chi connectivity index (χ1v) is 4.93. The van der Waals surface area contributed by atoms with E-state index in [4.69, 9.17) is 16.7 Å². The molecule has 0 spiro atoms. The molecule has 0 saturated carbocycles. The number of rotatable bonds is 4. The lowest BCUT2D eigenvalue weighted by Crippen LogP contribution is -2.17. The van der Waals surface area contributed by atoms with Gasteiger partial charge in [-0.05, 0) is 18.3 Å². The Morgan fingerprint density at radius 2 is 2.00 bits per heavy atom. The molecule has 0 fully saturated rings. The van der Waals surface area contributed by atoms with Crippen molar-refractivity contribution in [3.8, 4) is 0 Å². The molecule has 0 unspecified atom stereocenters. The van der Waals surface area contributed by atoms with Gasteiger partial charge in [0.25, 0.3) is 0 Å². The second-order valence-corrected chi connectivity index (χ2v) is 4.38. The van der Waals surface area contributed by atoms with Gasteiger partial charge in [-0.25, -0.2) is 4.79 Å². The number of aliphatic carboxylic acids is 1. The van der Waals surface area contributed by atoms with Crippen molar-refractivity contribution >= 4 is 17.6 Å². The second-order valence-electron chi connectivity index (χ2n) is 4.00. The van der Waals surface area contributed by atoms with Crippen LogP contribution in [0.4, 0.5) is 0 Å². The summed E-state index contributed by atoms with van der Waals surface area (Å²) in [5.74, 6) is -0.254. The number of carboxylic acids is 1. The third-order valence-electron chi connectivity index (χ3n) is 1.72. The quantitative estimate of drug-likeness (QED) is 0.434. The fraction of sp³-hybridized carbons (Fsp3) is 0.700. The summed E-state index contributed by atoms with van der Waals surface area (Å²) in [6, 6.07) is 0. The molecule has 2 nitrogen and oxygen atoms in total. The van der Waals surface area contributed by atoms with Crippen molar-refractivity contribution in [2.45, 2.75) is 33.6 Å². The molecule has 0 aromatic heterocycles. The summed E-state index contributed by atoms with van der Waals surface area (Å²) in [6.07, 6.45) is 3.33. The minimum Gasteiger partial charge on any atom is -0.478 e. The highest BCUT2D eigenvalue weighted by molar-refractivity contribution is 6.17. The maximum atomic E-state index is 10.8. The Hall–Kier alpha value is -0.500. The van der Waals surface area contributed by atoms with Crippen molar-refractivity contribution in [2.75, 3.05) is 5.88 Å². The van der Waals surface area contributed by atoms with Crippen LogP contribution in [-0.2, 0) is 4.79 Å². The van der Waals surface area contributed by atoms with Crippen LogP contribution in [0.2, 0.25) is 0 Å². The van der Waals surface area contributed by atoms with Crippen molar-refractivity contribution in [1.29, 1.82) is 0 Å². The van der Waals surface area contributed by atoms with Gasteiger partial charge < -0.3 is 5.11 Å². The molecule has 0 bridgehead atoms. The lowest BCUT2D eigenvalue weighted by Gasteiger charge is -2.19. The first kappa shape index (κ1) is 12.5. The predicted octanol–water partition coefficient (Wildman–Crippen LogP) is 3.06. The van der Waals surface area contributed by atoms with Gasteiger partial charge in [-0.15, -0.1) is 11.6 Å². The van der Waals surface area contributed by atoms with Crippen LogP contribution in [0.25, 0.3) is 0 Å². The third kappa shape index (κ3) is 4.94. The average molecular weight is 205 g/mol. The van der Waals surface area contributed by atoms with Gasteiger partial charge in [0.1, 0.15) is 0 Å². The van der Waals surface area contributed by atoms with E-state index in [2.05, 4.69) is 0 Å². The zero-order chi connectivity index (χ0) is 10.5. The van der Waals surface area contributed by atoms with Crippen molar-refractivity contribution in [2.24, 2.45) is 5.41 Å². The van der Waals surface area contributed by atoms with E-state index in [0.717, 1.165) is 12.8 Å². The summed E-state index contributed by atoms with van der Waals surface area (Å²) >= 11 is 5.50. The van der Waals surface area contributed by atoms with Gasteiger partial charge in [-0.1, -0.05) is 26.8 Å². The topological polar surface area (TPSA) is 37.3 Å². The van der Waals surface area contributed by atoms with Crippen molar-refractivity contribution < 1.29 is 9.90 Å². The highest BCUT2D eigenvalue weighted by Gasteiger charge is 2.22. The maximum Gasteiger partial charge on any atom is 0.331 e. The Morgan fingerprint density at radius 1 is 1.46 bits per heavy atom. The van der Waals surface area contributed by atoms with Crippen LogP contribution in [0, 0.1) is 5.41 Å². The Labute approximate surface area is 84.6 Å². The van der Waals surface area contributed by atoms with E-state index >= 15 is 0 Å². The molecule has 0 atom stereocenters. The van der Waals surface area contributed by atoms with Crippen LogP contribution in [-0.4, -0.2) is 17.0 Å². The summed E-state index contributed by atoms with van der Waals surface area (Å²) in [7, 11) is 0. The standard InChI is InChI=1S/C10H17ClO2/c1-10(2,3)8(9(12)13)6-4-5-7-11/h6H,4-5,7H2,1-3H3,(H,12,13). The number of unbranched alkanes of at least 4 members (excludes halogenated alkanes) is 1. The highest BCUT2D eigenvalue weighted by Crippen LogP contribution is 2.25. The predicted molar refractivity (Wildman–Crippen MR) is 55.1 cm³/mol. The molecule has 0 amide bonds. The van der Waals surface area contributed by atoms with Crippen molar-refractivity contribution in [3.05, 3.63) is 11.6 Å². The number of alkyl halides is 1. The maximum absolute atomic E-state index is 10.8. The monoisotopic (exact) mass is 204 g/mol. The van der Waals surface area contributed by atoms with Gasteiger partial charge in [-0.3, -0.25) is 0 Å². The molecule has 0 aromatic rings. The van der Waals surface area contributed by atoms with Crippen LogP contribution >= 0.6 is 11.6 Å². The van der Waals surface area contributed by atoms with Crippen molar-refractivity contribution in [1.82, 2.24) is 0 Å². The number of carbonyl (C=O) groups is 1. The highest BCUT2D eigenvalue weighted by atomic mass is 35.5. The number of hydrogen-bond donors (Lipinski definition) is 1. The van der Waals surface area contributed by atoms with Gasteiger partial charge in [-0.2, -0.15) is 0 Å². The summed E-state index contributed by atoms with van der Waals surface area (Å²) < 4.78 is 0. The lowest BCUT2D eigenvalue weighted by atomic mass is 9.86. The van der Waals surface area contributed by atoms with Gasteiger partial charge in [0.2, 0.25) is 0 Å². The molecule has 0 saturated heterocycles. The molecular formula is C10H17ClO2. The van der Waals surface area contributed by atoms with E-state index < -0.39 is 5.97 Å². The van der Waals surface area contributed by atoms with Gasteiger partial charge in [0.15, 0.2) is 0 Å². The number of halogens is 1. The third-order valence-corrected chi connectivity index (χ3v) is 1.99. The van der Waals surface area contributed by atoms with Crippen LogP contribution in [0.3, 0.4) is 0 Å². The zero-order valence-electron chi connectivity index (χ0n) is 8.43. The molecule has 3 heteroatoms. The van der Waals surface area contributed by atoms with Gasteiger partial charge in [0.05, 0.1) is 0 Å². The first-order valence-electron chi connectivity index (χ1n) is 4.39. The fourth-order valence-corrected chi connectivity index (χ4v) is 1.19. The number of carboxylic acid groups (broad SMARTS) is 1. The van der Waals surface area contributed by atoms with E-state index in [1.165, 1.54) is 0 Å². The number of allylic oxidation sites excluding steroid dienone is 1. The molecule has 0 rings (SSSR count). The van der Waals surface area contributed by atoms with Crippen LogP contribution in [0.5, 0.6) is 0 Å². The first-order chi connectivity index (χ1) is 5.89. The molecule has 13 heavy (non-hydrogen) atoms. The SMILES string of the molecule is CC(C)(C)C(=CCCCCl)C(=O)O. The number of hydrogen-bond acceptors (Lipinski definition) is 1. The minimum atomic E-state index is -0.831. The molecule has 0 aliphatic heterocycles. The molecule has 0 aliphatic rings. The van der Waals surface area contributed by atoms with E-state index in [1.54, 1.807) is 6.08 Å². The Bertz CT molecular complexity index is 201. The summed E-state index contributed by atoms with van der Waals surface area (Å²) in [5.41, 5.74) is 0.177. The largest absolute Gasteiger partial charge is 0.478 e. The molecular weight excluding hydrogens is 188 g/mol. The second kappa shape index (κ2) is 5.28.